The lowest BCUT2D eigenvalue weighted by Crippen LogP contribution is -2.33. The van der Waals surface area contributed by atoms with E-state index in [-0.39, 0.29) is 11.6 Å². The first-order valence-electron chi connectivity index (χ1n) is 11.6. The SMILES string of the molecule is CCCCCCCCCCCCCCCCCC(=O)OC1(C)CCNC1. The summed E-state index contributed by atoms with van der Waals surface area (Å²) in [5, 5.41) is 3.26. The highest BCUT2D eigenvalue weighted by Crippen LogP contribution is 2.20. The zero-order valence-corrected chi connectivity index (χ0v) is 17.8. The first-order chi connectivity index (χ1) is 12.7. The van der Waals surface area contributed by atoms with E-state index in [4.69, 9.17) is 4.74 Å². The van der Waals surface area contributed by atoms with Crippen LogP contribution >= 0.6 is 0 Å². The zero-order valence-electron chi connectivity index (χ0n) is 17.8. The maximum atomic E-state index is 11.9. The molecule has 1 aliphatic heterocycles. The van der Waals surface area contributed by atoms with Gasteiger partial charge < -0.3 is 10.1 Å². The van der Waals surface area contributed by atoms with Crippen LogP contribution in [0.25, 0.3) is 0 Å². The number of esters is 1. The molecule has 154 valence electrons. The van der Waals surface area contributed by atoms with E-state index in [1.54, 1.807) is 0 Å². The van der Waals surface area contributed by atoms with Gasteiger partial charge in [-0.25, -0.2) is 0 Å². The van der Waals surface area contributed by atoms with E-state index in [0.29, 0.717) is 6.42 Å². The lowest BCUT2D eigenvalue weighted by Gasteiger charge is -2.23. The Morgan fingerprint density at radius 1 is 0.808 bits per heavy atom. The van der Waals surface area contributed by atoms with Gasteiger partial charge in [0.15, 0.2) is 0 Å². The minimum absolute atomic E-state index is 0.00843. The highest BCUT2D eigenvalue weighted by atomic mass is 16.6. The number of hydrogen-bond donors (Lipinski definition) is 1. The summed E-state index contributed by atoms with van der Waals surface area (Å²) in [6, 6.07) is 0. The van der Waals surface area contributed by atoms with E-state index in [1.165, 1.54) is 89.9 Å². The van der Waals surface area contributed by atoms with Crippen molar-refractivity contribution in [2.24, 2.45) is 0 Å². The summed E-state index contributed by atoms with van der Waals surface area (Å²) in [6.07, 6.45) is 21.8. The molecular weight excluding hydrogens is 322 g/mol. The van der Waals surface area contributed by atoms with Crippen LogP contribution < -0.4 is 5.32 Å². The molecule has 0 bridgehead atoms. The predicted molar refractivity (Wildman–Crippen MR) is 112 cm³/mol. The quantitative estimate of drug-likeness (QED) is 0.234. The van der Waals surface area contributed by atoms with Gasteiger partial charge >= 0.3 is 5.97 Å². The zero-order chi connectivity index (χ0) is 18.9. The second kappa shape index (κ2) is 15.5. The van der Waals surface area contributed by atoms with Crippen LogP contribution in [-0.4, -0.2) is 24.7 Å². The molecule has 1 N–H and O–H groups in total. The summed E-state index contributed by atoms with van der Waals surface area (Å²) in [5.41, 5.74) is -0.257. The van der Waals surface area contributed by atoms with Crippen LogP contribution in [0.15, 0.2) is 0 Å². The number of ether oxygens (including phenoxy) is 1. The van der Waals surface area contributed by atoms with Gasteiger partial charge in [-0.05, 0) is 19.9 Å². The first-order valence-corrected chi connectivity index (χ1v) is 11.6. The van der Waals surface area contributed by atoms with Gasteiger partial charge in [-0.15, -0.1) is 0 Å². The predicted octanol–water partition coefficient (Wildman–Crippen LogP) is 6.54. The third-order valence-electron chi connectivity index (χ3n) is 5.67. The summed E-state index contributed by atoms with van der Waals surface area (Å²) in [6.45, 7) is 6.08. The van der Waals surface area contributed by atoms with Crippen molar-refractivity contribution < 1.29 is 9.53 Å². The van der Waals surface area contributed by atoms with E-state index in [0.717, 1.165) is 25.9 Å². The van der Waals surface area contributed by atoms with Crippen LogP contribution in [0.3, 0.4) is 0 Å². The summed E-state index contributed by atoms with van der Waals surface area (Å²) in [5.74, 6) is -0.00843. The average Bonchev–Trinajstić information content (AvgIpc) is 3.04. The van der Waals surface area contributed by atoms with Gasteiger partial charge in [0.2, 0.25) is 0 Å². The largest absolute Gasteiger partial charge is 0.458 e. The maximum absolute atomic E-state index is 11.9. The van der Waals surface area contributed by atoms with Crippen molar-refractivity contribution in [3.05, 3.63) is 0 Å². The molecule has 0 radical (unpaired) electrons. The fourth-order valence-corrected chi connectivity index (χ4v) is 3.85. The van der Waals surface area contributed by atoms with E-state index >= 15 is 0 Å². The second-order valence-electron chi connectivity index (χ2n) is 8.55. The Bertz CT molecular complexity index is 337. The fourth-order valence-electron chi connectivity index (χ4n) is 3.85. The Hall–Kier alpha value is -0.570. The number of unbranched alkanes of at least 4 members (excludes halogenated alkanes) is 14. The Morgan fingerprint density at radius 2 is 1.27 bits per heavy atom. The van der Waals surface area contributed by atoms with Crippen molar-refractivity contribution in [1.82, 2.24) is 5.32 Å². The Labute approximate surface area is 163 Å². The summed E-state index contributed by atoms with van der Waals surface area (Å²) < 4.78 is 5.62. The highest BCUT2D eigenvalue weighted by Gasteiger charge is 2.32. The summed E-state index contributed by atoms with van der Waals surface area (Å²) in [7, 11) is 0. The Morgan fingerprint density at radius 3 is 1.69 bits per heavy atom. The summed E-state index contributed by atoms with van der Waals surface area (Å²) >= 11 is 0. The number of rotatable bonds is 17. The third-order valence-corrected chi connectivity index (χ3v) is 5.67. The van der Waals surface area contributed by atoms with Gasteiger partial charge in [0, 0.05) is 19.4 Å². The smallest absolute Gasteiger partial charge is 0.306 e. The molecule has 1 rings (SSSR count). The van der Waals surface area contributed by atoms with Crippen molar-refractivity contribution in [3.63, 3.8) is 0 Å². The van der Waals surface area contributed by atoms with Crippen LogP contribution in [0.4, 0.5) is 0 Å². The Balaban J connectivity index is 1.76. The molecule has 0 saturated carbocycles. The third kappa shape index (κ3) is 12.7. The highest BCUT2D eigenvalue weighted by molar-refractivity contribution is 5.69. The molecule has 3 nitrogen and oxygen atoms in total. The molecule has 0 spiro atoms. The average molecular weight is 368 g/mol. The van der Waals surface area contributed by atoms with Crippen molar-refractivity contribution in [2.75, 3.05) is 13.1 Å². The molecule has 1 atom stereocenters. The molecule has 1 saturated heterocycles. The van der Waals surface area contributed by atoms with Crippen molar-refractivity contribution in [2.45, 2.75) is 129 Å². The van der Waals surface area contributed by atoms with Gasteiger partial charge in [0.25, 0.3) is 0 Å². The van der Waals surface area contributed by atoms with Crippen molar-refractivity contribution >= 4 is 5.97 Å². The lowest BCUT2D eigenvalue weighted by atomic mass is 10.0. The molecule has 0 aromatic rings. The van der Waals surface area contributed by atoms with Gasteiger partial charge in [0.1, 0.15) is 5.60 Å². The van der Waals surface area contributed by atoms with Gasteiger partial charge in [-0.3, -0.25) is 4.79 Å². The molecular formula is C23H45NO2. The van der Waals surface area contributed by atoms with E-state index < -0.39 is 0 Å². The normalized spacial score (nSPS) is 19.8. The van der Waals surface area contributed by atoms with Gasteiger partial charge in [0.05, 0.1) is 0 Å². The molecule has 26 heavy (non-hydrogen) atoms. The van der Waals surface area contributed by atoms with E-state index in [2.05, 4.69) is 12.2 Å². The monoisotopic (exact) mass is 367 g/mol. The maximum Gasteiger partial charge on any atom is 0.306 e. The molecule has 0 aromatic heterocycles. The number of hydrogen-bond acceptors (Lipinski definition) is 3. The molecule has 0 amide bonds. The molecule has 3 heteroatoms. The number of carbonyl (C=O) groups excluding carboxylic acids is 1. The number of carbonyl (C=O) groups is 1. The lowest BCUT2D eigenvalue weighted by molar-refractivity contribution is -0.156. The Kier molecular flexibility index (Phi) is 14.0. The van der Waals surface area contributed by atoms with Gasteiger partial charge in [-0.2, -0.15) is 0 Å². The van der Waals surface area contributed by atoms with E-state index in [1.807, 2.05) is 6.92 Å². The topological polar surface area (TPSA) is 38.3 Å². The van der Waals surface area contributed by atoms with Crippen LogP contribution in [0, 0.1) is 0 Å². The molecule has 1 heterocycles. The minimum Gasteiger partial charge on any atom is -0.458 e. The van der Waals surface area contributed by atoms with Crippen molar-refractivity contribution in [3.8, 4) is 0 Å². The molecule has 1 fully saturated rings. The molecule has 0 aromatic carbocycles. The summed E-state index contributed by atoms with van der Waals surface area (Å²) in [4.78, 5) is 11.9. The molecule has 0 aliphatic carbocycles. The first kappa shape index (κ1) is 23.5. The number of nitrogens with one attached hydrogen (secondary N) is 1. The standard InChI is InChI=1S/C23H45NO2/c1-3-4-5-6-7-8-9-10-11-12-13-14-15-16-17-18-22(25)26-23(2)19-20-24-21-23/h24H,3-21H2,1-2H3. The van der Waals surface area contributed by atoms with E-state index in [9.17, 15) is 4.79 Å². The second-order valence-corrected chi connectivity index (χ2v) is 8.55. The van der Waals surface area contributed by atoms with Crippen LogP contribution in [0.2, 0.25) is 0 Å². The molecule has 1 aliphatic rings. The van der Waals surface area contributed by atoms with Crippen LogP contribution in [0.5, 0.6) is 0 Å². The van der Waals surface area contributed by atoms with Crippen LogP contribution in [0.1, 0.15) is 123 Å². The minimum atomic E-state index is -0.257. The molecule has 1 unspecified atom stereocenters. The van der Waals surface area contributed by atoms with Crippen molar-refractivity contribution in [1.29, 1.82) is 0 Å². The van der Waals surface area contributed by atoms with Gasteiger partial charge in [-0.1, -0.05) is 96.8 Å². The fraction of sp³-hybridized carbons (Fsp3) is 0.957. The van der Waals surface area contributed by atoms with Crippen LogP contribution in [-0.2, 0) is 9.53 Å².